The number of rotatable bonds is 7. The Morgan fingerprint density at radius 1 is 1.40 bits per heavy atom. The topological polar surface area (TPSA) is 38.3 Å². The summed E-state index contributed by atoms with van der Waals surface area (Å²) in [6, 6.07) is 8.59. The Morgan fingerprint density at radius 2 is 2.20 bits per heavy atom. The third kappa shape index (κ3) is 4.34. The van der Waals surface area contributed by atoms with Crippen molar-refractivity contribution in [2.45, 2.75) is 51.5 Å². The van der Waals surface area contributed by atoms with Gasteiger partial charge in [-0.1, -0.05) is 32.0 Å². The van der Waals surface area contributed by atoms with Gasteiger partial charge < -0.3 is 10.1 Å². The molecule has 1 aliphatic heterocycles. The molecular formula is C17H25NO2. The minimum atomic E-state index is 0.338. The van der Waals surface area contributed by atoms with Crippen LogP contribution in [-0.2, 0) is 4.79 Å². The molecule has 1 aromatic rings. The fourth-order valence-corrected chi connectivity index (χ4v) is 2.68. The lowest BCUT2D eigenvalue weighted by Gasteiger charge is -2.25. The van der Waals surface area contributed by atoms with Crippen LogP contribution in [0.15, 0.2) is 24.3 Å². The van der Waals surface area contributed by atoms with Gasteiger partial charge >= 0.3 is 0 Å². The van der Waals surface area contributed by atoms with Crippen LogP contribution in [0.3, 0.4) is 0 Å². The molecule has 0 amide bonds. The Labute approximate surface area is 121 Å². The Hall–Kier alpha value is -1.35. The molecule has 2 rings (SSSR count). The van der Waals surface area contributed by atoms with Crippen molar-refractivity contribution in [2.24, 2.45) is 0 Å². The Balaban J connectivity index is 1.80. The first-order chi connectivity index (χ1) is 9.66. The van der Waals surface area contributed by atoms with Crippen molar-refractivity contribution < 1.29 is 9.53 Å². The zero-order chi connectivity index (χ0) is 14.4. The van der Waals surface area contributed by atoms with E-state index >= 15 is 0 Å². The summed E-state index contributed by atoms with van der Waals surface area (Å²) in [5.41, 5.74) is 1.20. The molecule has 1 atom stereocenters. The molecule has 3 nitrogen and oxygen atoms in total. The first kappa shape index (κ1) is 15.0. The van der Waals surface area contributed by atoms with Gasteiger partial charge in [-0.2, -0.15) is 0 Å². The molecule has 0 radical (unpaired) electrons. The number of fused-ring (bicyclic) bond motifs is 1. The molecule has 1 aliphatic rings. The van der Waals surface area contributed by atoms with Gasteiger partial charge in [-0.15, -0.1) is 0 Å². The smallest absolute Gasteiger partial charge is 0.133 e. The molecule has 3 heteroatoms. The van der Waals surface area contributed by atoms with E-state index in [4.69, 9.17) is 4.74 Å². The molecular weight excluding hydrogens is 250 g/mol. The minimum Gasteiger partial charge on any atom is -0.493 e. The number of para-hydroxylation sites is 1. The van der Waals surface area contributed by atoms with Crippen molar-refractivity contribution in [1.29, 1.82) is 0 Å². The van der Waals surface area contributed by atoms with Gasteiger partial charge in [-0.25, -0.2) is 0 Å². The number of hydrogen-bond acceptors (Lipinski definition) is 3. The standard InChI is InChI=1S/C17H25NO2/c1-13(2)18-10-5-6-15(19)12-14-9-11-20-17-8-4-3-7-16(14)17/h3-4,7-8,13-14,18H,5-6,9-12H2,1-2H3. The number of hydrogen-bond donors (Lipinski definition) is 1. The van der Waals surface area contributed by atoms with Crippen LogP contribution in [0.2, 0.25) is 0 Å². The maximum absolute atomic E-state index is 12.1. The molecule has 0 aromatic heterocycles. The van der Waals surface area contributed by atoms with E-state index in [9.17, 15) is 4.79 Å². The maximum Gasteiger partial charge on any atom is 0.133 e. The van der Waals surface area contributed by atoms with E-state index in [2.05, 4.69) is 25.2 Å². The van der Waals surface area contributed by atoms with E-state index in [0.29, 0.717) is 30.6 Å². The summed E-state index contributed by atoms with van der Waals surface area (Å²) >= 11 is 0. The van der Waals surface area contributed by atoms with Crippen molar-refractivity contribution in [2.75, 3.05) is 13.2 Å². The lowest BCUT2D eigenvalue weighted by atomic mass is 9.88. The number of nitrogens with one attached hydrogen (secondary N) is 1. The Bertz CT molecular complexity index is 442. The molecule has 0 fully saturated rings. The average Bonchev–Trinajstić information content (AvgIpc) is 2.44. The van der Waals surface area contributed by atoms with Gasteiger partial charge in [0.25, 0.3) is 0 Å². The van der Waals surface area contributed by atoms with Crippen LogP contribution in [0.5, 0.6) is 5.75 Å². The number of carbonyl (C=O) groups excluding carboxylic acids is 1. The van der Waals surface area contributed by atoms with Crippen molar-refractivity contribution in [1.82, 2.24) is 5.32 Å². The molecule has 0 saturated heterocycles. The van der Waals surface area contributed by atoms with Crippen LogP contribution in [0.1, 0.15) is 51.0 Å². The van der Waals surface area contributed by atoms with Crippen LogP contribution in [0.25, 0.3) is 0 Å². The van der Waals surface area contributed by atoms with Crippen molar-refractivity contribution in [3.8, 4) is 5.75 Å². The van der Waals surface area contributed by atoms with E-state index in [0.717, 1.165) is 31.7 Å². The van der Waals surface area contributed by atoms with Crippen molar-refractivity contribution in [3.63, 3.8) is 0 Å². The fourth-order valence-electron chi connectivity index (χ4n) is 2.68. The molecule has 1 heterocycles. The molecule has 1 aromatic carbocycles. The van der Waals surface area contributed by atoms with Gasteiger partial charge in [-0.3, -0.25) is 4.79 Å². The van der Waals surface area contributed by atoms with Crippen LogP contribution in [-0.4, -0.2) is 25.0 Å². The van der Waals surface area contributed by atoms with E-state index in [1.165, 1.54) is 5.56 Å². The molecule has 1 unspecified atom stereocenters. The van der Waals surface area contributed by atoms with Gasteiger partial charge in [-0.05, 0) is 36.9 Å². The molecule has 0 spiro atoms. The first-order valence-corrected chi connectivity index (χ1v) is 7.63. The fraction of sp³-hybridized carbons (Fsp3) is 0.588. The second-order valence-corrected chi connectivity index (χ2v) is 5.83. The lowest BCUT2D eigenvalue weighted by Crippen LogP contribution is -2.24. The van der Waals surface area contributed by atoms with E-state index in [1.807, 2.05) is 18.2 Å². The maximum atomic E-state index is 12.1. The molecule has 1 N–H and O–H groups in total. The zero-order valence-electron chi connectivity index (χ0n) is 12.5. The number of carbonyl (C=O) groups is 1. The molecule has 0 aliphatic carbocycles. The number of ether oxygens (including phenoxy) is 1. The van der Waals surface area contributed by atoms with Gasteiger partial charge in [0.2, 0.25) is 0 Å². The highest BCUT2D eigenvalue weighted by Crippen LogP contribution is 2.35. The summed E-state index contributed by atoms with van der Waals surface area (Å²) in [4.78, 5) is 12.1. The lowest BCUT2D eigenvalue weighted by molar-refractivity contribution is -0.119. The third-order valence-electron chi connectivity index (χ3n) is 3.74. The number of Topliss-reactive ketones (excluding diaryl/α,β-unsaturated/α-hetero) is 1. The van der Waals surface area contributed by atoms with Gasteiger partial charge in [0.05, 0.1) is 6.61 Å². The minimum absolute atomic E-state index is 0.338. The van der Waals surface area contributed by atoms with Gasteiger partial charge in [0.15, 0.2) is 0 Å². The summed E-state index contributed by atoms with van der Waals surface area (Å²) in [5.74, 6) is 1.67. The SMILES string of the molecule is CC(C)NCCCC(=O)CC1CCOc2ccccc21. The molecule has 20 heavy (non-hydrogen) atoms. The summed E-state index contributed by atoms with van der Waals surface area (Å²) in [6.45, 7) is 5.90. The highest BCUT2D eigenvalue weighted by molar-refractivity contribution is 5.79. The highest BCUT2D eigenvalue weighted by Gasteiger charge is 2.23. The molecule has 110 valence electrons. The van der Waals surface area contributed by atoms with E-state index < -0.39 is 0 Å². The van der Waals surface area contributed by atoms with Gasteiger partial charge in [0, 0.05) is 18.9 Å². The van der Waals surface area contributed by atoms with Crippen LogP contribution in [0, 0.1) is 0 Å². The first-order valence-electron chi connectivity index (χ1n) is 7.63. The Morgan fingerprint density at radius 3 is 3.00 bits per heavy atom. The number of ketones is 1. The normalized spacial score (nSPS) is 17.6. The molecule has 0 bridgehead atoms. The van der Waals surface area contributed by atoms with Gasteiger partial charge in [0.1, 0.15) is 11.5 Å². The second kappa shape index (κ2) is 7.44. The summed E-state index contributed by atoms with van der Waals surface area (Å²) in [6.07, 6.45) is 3.22. The predicted molar refractivity (Wildman–Crippen MR) is 81.3 cm³/mol. The van der Waals surface area contributed by atoms with Crippen molar-refractivity contribution in [3.05, 3.63) is 29.8 Å². The monoisotopic (exact) mass is 275 g/mol. The van der Waals surface area contributed by atoms with E-state index in [-0.39, 0.29) is 0 Å². The summed E-state index contributed by atoms with van der Waals surface area (Å²) in [7, 11) is 0. The van der Waals surface area contributed by atoms with Crippen LogP contribution >= 0.6 is 0 Å². The molecule has 0 saturated carbocycles. The zero-order valence-corrected chi connectivity index (χ0v) is 12.5. The average molecular weight is 275 g/mol. The summed E-state index contributed by atoms with van der Waals surface area (Å²) < 4.78 is 5.64. The summed E-state index contributed by atoms with van der Waals surface area (Å²) in [5, 5.41) is 3.35. The van der Waals surface area contributed by atoms with Crippen LogP contribution in [0.4, 0.5) is 0 Å². The second-order valence-electron chi connectivity index (χ2n) is 5.83. The highest BCUT2D eigenvalue weighted by atomic mass is 16.5. The third-order valence-corrected chi connectivity index (χ3v) is 3.74. The number of benzene rings is 1. The largest absolute Gasteiger partial charge is 0.493 e. The Kier molecular flexibility index (Phi) is 5.60. The van der Waals surface area contributed by atoms with Crippen LogP contribution < -0.4 is 10.1 Å². The van der Waals surface area contributed by atoms with E-state index in [1.54, 1.807) is 0 Å². The predicted octanol–water partition coefficient (Wildman–Crippen LogP) is 3.29. The van der Waals surface area contributed by atoms with Crippen molar-refractivity contribution >= 4 is 5.78 Å². The quantitative estimate of drug-likeness (QED) is 0.776.